The molecule has 3 aromatic heterocycles. The van der Waals surface area contributed by atoms with Crippen molar-refractivity contribution in [3.05, 3.63) is 72.6 Å². The molecule has 41 heavy (non-hydrogen) atoms. The topological polar surface area (TPSA) is 108 Å². The minimum atomic E-state index is -0.468. The predicted molar refractivity (Wildman–Crippen MR) is 154 cm³/mol. The van der Waals surface area contributed by atoms with E-state index in [2.05, 4.69) is 25.5 Å². The lowest BCUT2D eigenvalue weighted by atomic mass is 10.2. The maximum atomic E-state index is 15.1. The quantitative estimate of drug-likeness (QED) is 0.175. The number of nitrogens with one attached hydrogen (secondary N) is 1. The molecule has 0 saturated heterocycles. The van der Waals surface area contributed by atoms with Crippen molar-refractivity contribution in [3.8, 4) is 17.0 Å². The molecular formula is C29H30FN7O3S. The molecule has 0 amide bonds. The summed E-state index contributed by atoms with van der Waals surface area (Å²) in [5, 5.41) is 11.8. The van der Waals surface area contributed by atoms with Gasteiger partial charge in [0.15, 0.2) is 11.5 Å². The molecule has 1 N–H and O–H groups in total. The summed E-state index contributed by atoms with van der Waals surface area (Å²) >= 11 is 1.37. The van der Waals surface area contributed by atoms with Crippen LogP contribution in [0.4, 0.5) is 16.0 Å². The van der Waals surface area contributed by atoms with Crippen LogP contribution in [0.25, 0.3) is 16.9 Å². The van der Waals surface area contributed by atoms with E-state index >= 15 is 4.39 Å². The highest BCUT2D eigenvalue weighted by molar-refractivity contribution is 7.99. The highest BCUT2D eigenvalue weighted by Gasteiger charge is 2.20. The second kappa shape index (κ2) is 12.1. The summed E-state index contributed by atoms with van der Waals surface area (Å²) in [5.74, 6) is 0.136. The summed E-state index contributed by atoms with van der Waals surface area (Å²) in [6.45, 7) is 9.75. The molecule has 0 saturated carbocycles. The zero-order valence-corrected chi connectivity index (χ0v) is 24.1. The molecule has 0 aliphatic rings. The molecule has 0 fully saturated rings. The fourth-order valence-corrected chi connectivity index (χ4v) is 5.01. The number of hydrogen-bond acceptors (Lipinski definition) is 9. The molecule has 1 atom stereocenters. The van der Waals surface area contributed by atoms with Crippen molar-refractivity contribution < 1.29 is 18.7 Å². The molecule has 2 aromatic carbocycles. The highest BCUT2D eigenvalue weighted by Crippen LogP contribution is 2.34. The van der Waals surface area contributed by atoms with Crippen LogP contribution in [0.1, 0.15) is 51.2 Å². The Kier molecular flexibility index (Phi) is 8.31. The fraction of sp³-hybridized carbons (Fsp3) is 0.276. The third-order valence-corrected chi connectivity index (χ3v) is 7.00. The Morgan fingerprint density at radius 1 is 1.15 bits per heavy atom. The third-order valence-electron chi connectivity index (χ3n) is 6.02. The average Bonchev–Trinajstić information content (AvgIpc) is 3.58. The molecule has 10 nitrogen and oxygen atoms in total. The van der Waals surface area contributed by atoms with Crippen molar-refractivity contribution in [2.45, 2.75) is 56.7 Å². The molecular weight excluding hydrogens is 545 g/mol. The summed E-state index contributed by atoms with van der Waals surface area (Å²) in [4.78, 5) is 22.4. The van der Waals surface area contributed by atoms with Crippen LogP contribution in [0, 0.1) is 5.82 Å². The maximum absolute atomic E-state index is 15.1. The minimum absolute atomic E-state index is 0.0198. The van der Waals surface area contributed by atoms with Gasteiger partial charge in [-0.05, 0) is 65.0 Å². The number of carbonyl (C=O) groups is 1. The lowest BCUT2D eigenvalue weighted by Crippen LogP contribution is -2.10. The SMILES string of the molecule is CCOC(C)n1cc(-c2ncn3nc(Nc4ccc(Sc5cccc(C(C)=O)c5)cc4F)nc3c2OC(C)C)cn1. The molecule has 0 bridgehead atoms. The van der Waals surface area contributed by atoms with Crippen LogP contribution in [0.3, 0.4) is 0 Å². The Labute approximate surface area is 240 Å². The van der Waals surface area contributed by atoms with Gasteiger partial charge in [-0.15, -0.1) is 5.10 Å². The number of anilines is 2. The van der Waals surface area contributed by atoms with Crippen LogP contribution < -0.4 is 10.1 Å². The largest absolute Gasteiger partial charge is 0.485 e. The van der Waals surface area contributed by atoms with Gasteiger partial charge in [-0.25, -0.2) is 14.1 Å². The van der Waals surface area contributed by atoms with Crippen molar-refractivity contribution >= 4 is 34.8 Å². The van der Waals surface area contributed by atoms with Crippen LogP contribution in [-0.2, 0) is 4.74 Å². The first-order chi connectivity index (χ1) is 19.7. The van der Waals surface area contributed by atoms with Gasteiger partial charge in [0, 0.05) is 33.7 Å². The normalized spacial score (nSPS) is 12.2. The Morgan fingerprint density at radius 2 is 1.95 bits per heavy atom. The molecule has 1 unspecified atom stereocenters. The average molecular weight is 576 g/mol. The van der Waals surface area contributed by atoms with Gasteiger partial charge < -0.3 is 14.8 Å². The number of halogens is 1. The zero-order valence-electron chi connectivity index (χ0n) is 23.3. The molecule has 0 aliphatic heterocycles. The number of ether oxygens (including phenoxy) is 2. The van der Waals surface area contributed by atoms with E-state index in [1.807, 2.05) is 46.0 Å². The second-order valence-corrected chi connectivity index (χ2v) is 10.7. The van der Waals surface area contributed by atoms with Gasteiger partial charge in [-0.3, -0.25) is 4.79 Å². The van der Waals surface area contributed by atoms with Crippen LogP contribution in [0.5, 0.6) is 5.75 Å². The predicted octanol–water partition coefficient (Wildman–Crippen LogP) is 6.57. The van der Waals surface area contributed by atoms with Gasteiger partial charge in [0.2, 0.25) is 11.6 Å². The van der Waals surface area contributed by atoms with Crippen molar-refractivity contribution in [1.82, 2.24) is 29.4 Å². The Morgan fingerprint density at radius 3 is 2.68 bits per heavy atom. The molecule has 5 aromatic rings. The number of ketones is 1. The maximum Gasteiger partial charge on any atom is 0.247 e. The number of hydrogen-bond donors (Lipinski definition) is 1. The van der Waals surface area contributed by atoms with Gasteiger partial charge >= 0.3 is 0 Å². The number of carbonyl (C=O) groups excluding carboxylic acids is 1. The number of Topliss-reactive ketones (excluding diaryl/α,β-unsaturated/α-hetero) is 1. The van der Waals surface area contributed by atoms with Crippen LogP contribution in [-0.4, -0.2) is 47.9 Å². The van der Waals surface area contributed by atoms with Gasteiger partial charge in [-0.2, -0.15) is 14.6 Å². The first kappa shape index (κ1) is 28.2. The highest BCUT2D eigenvalue weighted by atomic mass is 32.2. The van der Waals surface area contributed by atoms with E-state index in [4.69, 9.17) is 9.47 Å². The molecule has 0 radical (unpaired) electrons. The van der Waals surface area contributed by atoms with E-state index < -0.39 is 5.82 Å². The van der Waals surface area contributed by atoms with Crippen LogP contribution in [0.15, 0.2) is 71.0 Å². The number of fused-ring (bicyclic) bond motifs is 1. The number of rotatable bonds is 11. The van der Waals surface area contributed by atoms with Crippen molar-refractivity contribution in [2.24, 2.45) is 0 Å². The Bertz CT molecular complexity index is 1700. The molecule has 212 valence electrons. The Hall–Kier alpha value is -4.29. The van der Waals surface area contributed by atoms with Crippen LogP contribution in [0.2, 0.25) is 0 Å². The summed E-state index contributed by atoms with van der Waals surface area (Å²) in [7, 11) is 0. The number of benzene rings is 2. The Balaban J connectivity index is 1.41. The monoisotopic (exact) mass is 575 g/mol. The van der Waals surface area contributed by atoms with E-state index in [-0.39, 0.29) is 29.8 Å². The first-order valence-electron chi connectivity index (χ1n) is 13.2. The lowest BCUT2D eigenvalue weighted by molar-refractivity contribution is 0.0160. The first-order valence-corrected chi connectivity index (χ1v) is 14.0. The molecule has 0 spiro atoms. The summed E-state index contributed by atoms with van der Waals surface area (Å²) in [6, 6.07) is 12.1. The van der Waals surface area contributed by atoms with Crippen molar-refractivity contribution in [3.63, 3.8) is 0 Å². The molecule has 5 rings (SSSR count). The standard InChI is InChI=1S/C29H30FN7O3S/c1-6-39-19(5)36-15-21(14-32-36)26-27(40-17(2)3)28-34-29(35-37(28)16-31-26)33-25-11-10-23(13-24(25)30)41-22-9-7-8-20(12-22)18(4)38/h7-17,19H,6H2,1-5H3,(H,33,35). The van der Waals surface area contributed by atoms with Crippen LogP contribution >= 0.6 is 11.8 Å². The van der Waals surface area contributed by atoms with E-state index in [1.54, 1.807) is 35.1 Å². The van der Waals surface area contributed by atoms with E-state index in [9.17, 15) is 4.79 Å². The smallest absolute Gasteiger partial charge is 0.247 e. The van der Waals surface area contributed by atoms with Crippen molar-refractivity contribution in [1.29, 1.82) is 0 Å². The van der Waals surface area contributed by atoms with Gasteiger partial charge in [0.1, 0.15) is 24.1 Å². The van der Waals surface area contributed by atoms with E-state index in [0.717, 1.165) is 10.5 Å². The van der Waals surface area contributed by atoms with Crippen molar-refractivity contribution in [2.75, 3.05) is 11.9 Å². The molecule has 3 heterocycles. The fourth-order valence-electron chi connectivity index (χ4n) is 4.11. The summed E-state index contributed by atoms with van der Waals surface area (Å²) < 4.78 is 30.1. The van der Waals surface area contributed by atoms with Gasteiger partial charge in [-0.1, -0.05) is 23.9 Å². The summed E-state index contributed by atoms with van der Waals surface area (Å²) in [5.41, 5.74) is 2.55. The number of nitrogens with zero attached hydrogens (tertiary/aromatic N) is 6. The third kappa shape index (κ3) is 6.39. The van der Waals surface area contributed by atoms with E-state index in [0.29, 0.717) is 34.2 Å². The molecule has 12 heteroatoms. The van der Waals surface area contributed by atoms with Gasteiger partial charge in [0.25, 0.3) is 0 Å². The zero-order chi connectivity index (χ0) is 29.1. The van der Waals surface area contributed by atoms with Gasteiger partial charge in [0.05, 0.1) is 18.0 Å². The summed E-state index contributed by atoms with van der Waals surface area (Å²) in [6.07, 6.45) is 4.67. The second-order valence-electron chi connectivity index (χ2n) is 9.51. The molecule has 0 aliphatic carbocycles. The van der Waals surface area contributed by atoms with E-state index in [1.165, 1.54) is 35.6 Å². The number of aromatic nitrogens is 6. The minimum Gasteiger partial charge on any atom is -0.485 e. The lowest BCUT2D eigenvalue weighted by Gasteiger charge is -2.13.